The summed E-state index contributed by atoms with van der Waals surface area (Å²) < 4.78 is 0. The summed E-state index contributed by atoms with van der Waals surface area (Å²) in [5, 5.41) is 0. The molecular weight excluding hydrogens is 372 g/mol. The minimum absolute atomic E-state index is 0.897. The molecule has 0 heteroatoms. The van der Waals surface area contributed by atoms with Crippen molar-refractivity contribution in [3.05, 3.63) is 70.8 Å². The summed E-state index contributed by atoms with van der Waals surface area (Å²) in [6.07, 6.45) is 17.9. The van der Waals surface area contributed by atoms with E-state index < -0.39 is 0 Å². The molecule has 2 saturated carbocycles. The number of hydrogen-bond acceptors (Lipinski definition) is 0. The molecule has 4 rings (SSSR count). The van der Waals surface area contributed by atoms with Crippen LogP contribution in [0.25, 0.3) is 0 Å². The highest BCUT2D eigenvalue weighted by Gasteiger charge is 2.22. The Morgan fingerprint density at radius 1 is 0.452 bits per heavy atom. The van der Waals surface area contributed by atoms with E-state index in [1.807, 2.05) is 0 Å². The molecule has 0 amide bonds. The summed E-state index contributed by atoms with van der Waals surface area (Å²) in [4.78, 5) is 0. The van der Waals surface area contributed by atoms with Crippen LogP contribution in [0, 0.1) is 23.7 Å². The molecule has 0 heterocycles. The molecule has 2 aliphatic rings. The molecule has 0 bridgehead atoms. The van der Waals surface area contributed by atoms with Crippen molar-refractivity contribution in [2.24, 2.45) is 23.7 Å². The maximum Gasteiger partial charge on any atom is -0.0250 e. The maximum atomic E-state index is 2.44. The Morgan fingerprint density at radius 3 is 1.03 bits per heavy atom. The van der Waals surface area contributed by atoms with Crippen LogP contribution in [-0.2, 0) is 25.7 Å². The third-order valence-electron chi connectivity index (χ3n) is 8.54. The second kappa shape index (κ2) is 11.3. The van der Waals surface area contributed by atoms with Crippen LogP contribution in [0.5, 0.6) is 0 Å². The van der Waals surface area contributed by atoms with Crippen LogP contribution in [-0.4, -0.2) is 0 Å². The van der Waals surface area contributed by atoms with Gasteiger partial charge in [0.05, 0.1) is 0 Å². The molecule has 0 atom stereocenters. The first kappa shape index (κ1) is 22.6. The van der Waals surface area contributed by atoms with E-state index in [1.165, 1.54) is 82.6 Å². The molecule has 168 valence electrons. The Balaban J connectivity index is 1.19. The zero-order chi connectivity index (χ0) is 21.5. The standard InChI is InChI=1S/C31H44/c1-3-24-5-9-26(10-6-24)21-28-13-17-30(18-14-28)23-31-19-15-29(16-20-31)22-27-11-7-25(4-2)8-12-27/h5-6,9-10,15-16,19-20,25,27-28,30H,3-4,7-8,11-14,17-18,21-23H2,1-2H3. The largest absolute Gasteiger partial charge is 0.0651 e. The van der Waals surface area contributed by atoms with Crippen molar-refractivity contribution in [1.29, 1.82) is 0 Å². The van der Waals surface area contributed by atoms with Crippen LogP contribution >= 0.6 is 0 Å². The molecule has 0 aromatic heterocycles. The number of hydrogen-bond donors (Lipinski definition) is 0. The van der Waals surface area contributed by atoms with E-state index in [9.17, 15) is 0 Å². The van der Waals surface area contributed by atoms with Gasteiger partial charge in [0.15, 0.2) is 0 Å². The predicted octanol–water partition coefficient (Wildman–Crippen LogP) is 8.60. The number of aryl methyl sites for hydroxylation is 1. The number of benzene rings is 2. The Labute approximate surface area is 191 Å². The summed E-state index contributed by atoms with van der Waals surface area (Å²) in [5.74, 6) is 3.74. The van der Waals surface area contributed by atoms with Crippen LogP contribution < -0.4 is 0 Å². The minimum Gasteiger partial charge on any atom is -0.0651 e. The minimum atomic E-state index is 0.897. The first-order valence-corrected chi connectivity index (χ1v) is 13.4. The third-order valence-corrected chi connectivity index (χ3v) is 8.54. The van der Waals surface area contributed by atoms with Crippen molar-refractivity contribution in [3.63, 3.8) is 0 Å². The predicted molar refractivity (Wildman–Crippen MR) is 135 cm³/mol. The van der Waals surface area contributed by atoms with E-state index in [2.05, 4.69) is 62.4 Å². The van der Waals surface area contributed by atoms with Gasteiger partial charge in [-0.1, -0.05) is 81.6 Å². The normalized spacial score (nSPS) is 26.6. The quantitative estimate of drug-likeness (QED) is 0.404. The lowest BCUT2D eigenvalue weighted by molar-refractivity contribution is 0.268. The van der Waals surface area contributed by atoms with Gasteiger partial charge in [0, 0.05) is 0 Å². The van der Waals surface area contributed by atoms with Gasteiger partial charge in [0.25, 0.3) is 0 Å². The fourth-order valence-electron chi connectivity index (χ4n) is 6.21. The van der Waals surface area contributed by atoms with Gasteiger partial charge in [-0.25, -0.2) is 0 Å². The van der Waals surface area contributed by atoms with Crippen LogP contribution in [0.1, 0.15) is 93.9 Å². The zero-order valence-electron chi connectivity index (χ0n) is 20.1. The van der Waals surface area contributed by atoms with E-state index in [-0.39, 0.29) is 0 Å². The topological polar surface area (TPSA) is 0 Å². The fourth-order valence-corrected chi connectivity index (χ4v) is 6.21. The van der Waals surface area contributed by atoms with Crippen molar-refractivity contribution in [2.75, 3.05) is 0 Å². The van der Waals surface area contributed by atoms with E-state index in [1.54, 1.807) is 16.7 Å². The first-order valence-electron chi connectivity index (χ1n) is 13.4. The second-order valence-electron chi connectivity index (χ2n) is 10.8. The van der Waals surface area contributed by atoms with Gasteiger partial charge in [-0.15, -0.1) is 0 Å². The molecule has 2 aromatic carbocycles. The van der Waals surface area contributed by atoms with E-state index in [4.69, 9.17) is 0 Å². The number of rotatable bonds is 8. The van der Waals surface area contributed by atoms with Gasteiger partial charge in [-0.3, -0.25) is 0 Å². The van der Waals surface area contributed by atoms with Crippen molar-refractivity contribution < 1.29 is 0 Å². The molecule has 0 radical (unpaired) electrons. The third kappa shape index (κ3) is 6.71. The highest BCUT2D eigenvalue weighted by Crippen LogP contribution is 2.34. The molecule has 2 aliphatic carbocycles. The lowest BCUT2D eigenvalue weighted by atomic mass is 9.77. The lowest BCUT2D eigenvalue weighted by Crippen LogP contribution is -2.18. The monoisotopic (exact) mass is 416 g/mol. The Hall–Kier alpha value is -1.56. The molecule has 0 N–H and O–H groups in total. The lowest BCUT2D eigenvalue weighted by Gasteiger charge is -2.29. The van der Waals surface area contributed by atoms with E-state index in [0.29, 0.717) is 0 Å². The van der Waals surface area contributed by atoms with Gasteiger partial charge < -0.3 is 0 Å². The summed E-state index contributed by atoms with van der Waals surface area (Å²) in [6.45, 7) is 4.60. The summed E-state index contributed by atoms with van der Waals surface area (Å²) >= 11 is 0. The van der Waals surface area contributed by atoms with Crippen LogP contribution in [0.15, 0.2) is 48.5 Å². The smallest absolute Gasteiger partial charge is 0.0250 e. The molecule has 2 aromatic rings. The molecule has 0 saturated heterocycles. The van der Waals surface area contributed by atoms with Gasteiger partial charge in [-0.05, 0) is 110 Å². The molecule has 31 heavy (non-hydrogen) atoms. The van der Waals surface area contributed by atoms with Gasteiger partial charge in [0.1, 0.15) is 0 Å². The second-order valence-corrected chi connectivity index (χ2v) is 10.8. The molecule has 0 aliphatic heterocycles. The molecular formula is C31H44. The highest BCUT2D eigenvalue weighted by atomic mass is 14.3. The van der Waals surface area contributed by atoms with Crippen LogP contribution in [0.2, 0.25) is 0 Å². The summed E-state index contributed by atoms with van der Waals surface area (Å²) in [7, 11) is 0. The van der Waals surface area contributed by atoms with Crippen molar-refractivity contribution in [3.8, 4) is 0 Å². The Morgan fingerprint density at radius 2 is 0.742 bits per heavy atom. The average Bonchev–Trinajstić information content (AvgIpc) is 2.82. The summed E-state index contributed by atoms with van der Waals surface area (Å²) in [6, 6.07) is 19.1. The van der Waals surface area contributed by atoms with Crippen molar-refractivity contribution >= 4 is 0 Å². The first-order chi connectivity index (χ1) is 15.2. The van der Waals surface area contributed by atoms with Crippen molar-refractivity contribution in [1.82, 2.24) is 0 Å². The SMILES string of the molecule is CCc1ccc(CC2CCC(Cc3ccc(CC4CCC(CC)CC4)cc3)CC2)cc1. The molecule has 0 spiro atoms. The molecule has 2 fully saturated rings. The van der Waals surface area contributed by atoms with E-state index >= 15 is 0 Å². The zero-order valence-corrected chi connectivity index (χ0v) is 20.1. The van der Waals surface area contributed by atoms with Crippen LogP contribution in [0.3, 0.4) is 0 Å². The van der Waals surface area contributed by atoms with Gasteiger partial charge in [0.2, 0.25) is 0 Å². The van der Waals surface area contributed by atoms with Crippen LogP contribution in [0.4, 0.5) is 0 Å². The van der Waals surface area contributed by atoms with Crippen molar-refractivity contribution in [2.45, 2.75) is 97.3 Å². The van der Waals surface area contributed by atoms with Gasteiger partial charge in [-0.2, -0.15) is 0 Å². The molecule has 0 unspecified atom stereocenters. The maximum absolute atomic E-state index is 2.44. The van der Waals surface area contributed by atoms with Gasteiger partial charge >= 0.3 is 0 Å². The average molecular weight is 417 g/mol. The van der Waals surface area contributed by atoms with E-state index in [0.717, 1.165) is 30.1 Å². The molecule has 0 nitrogen and oxygen atoms in total. The fraction of sp³-hybridized carbons (Fsp3) is 0.613. The summed E-state index contributed by atoms with van der Waals surface area (Å²) in [5.41, 5.74) is 6.14. The Bertz CT molecular complexity index is 753. The Kier molecular flexibility index (Phi) is 8.28. The highest BCUT2D eigenvalue weighted by molar-refractivity contribution is 5.24.